The van der Waals surface area contributed by atoms with Crippen molar-refractivity contribution in [1.82, 2.24) is 19.7 Å². The molecule has 1 aromatic carbocycles. The number of piperazine rings is 1. The highest BCUT2D eigenvalue weighted by Gasteiger charge is 2.28. The van der Waals surface area contributed by atoms with Crippen LogP contribution in [-0.4, -0.2) is 75.1 Å². The van der Waals surface area contributed by atoms with Crippen LogP contribution in [-0.2, 0) is 15.8 Å². The van der Waals surface area contributed by atoms with Crippen LogP contribution in [0.2, 0.25) is 0 Å². The number of hydrogen-bond donors (Lipinski definition) is 1. The maximum atomic E-state index is 12.6. The molecule has 0 aliphatic carbocycles. The van der Waals surface area contributed by atoms with Gasteiger partial charge in [-0.05, 0) is 23.6 Å². The summed E-state index contributed by atoms with van der Waals surface area (Å²) in [5.41, 5.74) is 1.70. The Labute approximate surface area is 207 Å². The van der Waals surface area contributed by atoms with Gasteiger partial charge in [0.15, 0.2) is 5.96 Å². The van der Waals surface area contributed by atoms with Gasteiger partial charge in [0.05, 0.1) is 12.2 Å². The van der Waals surface area contributed by atoms with E-state index in [0.717, 1.165) is 11.7 Å². The molecule has 0 saturated carbocycles. The number of sulfonamides is 1. The maximum absolute atomic E-state index is 12.6. The molecule has 1 aliphatic rings. The number of halogens is 1. The number of ether oxygens (including phenoxy) is 1. The average Bonchev–Trinajstić information content (AvgIpc) is 3.26. The van der Waals surface area contributed by atoms with Crippen molar-refractivity contribution in [2.24, 2.45) is 4.99 Å². The molecule has 0 bridgehead atoms. The molecule has 1 aliphatic heterocycles. The van der Waals surface area contributed by atoms with E-state index in [1.54, 1.807) is 13.1 Å². The number of rotatable bonds is 8. The molecule has 11 heteroatoms. The van der Waals surface area contributed by atoms with Crippen LogP contribution in [0, 0.1) is 0 Å². The molecule has 32 heavy (non-hydrogen) atoms. The molecule has 3 rings (SSSR count). The molecule has 9 nitrogen and oxygen atoms in total. The first-order valence-corrected chi connectivity index (χ1v) is 12.1. The summed E-state index contributed by atoms with van der Waals surface area (Å²) in [4.78, 5) is 6.38. The first-order valence-electron chi connectivity index (χ1n) is 10.4. The summed E-state index contributed by atoms with van der Waals surface area (Å²) < 4.78 is 37.2. The minimum atomic E-state index is -3.42. The van der Waals surface area contributed by atoms with E-state index in [4.69, 9.17) is 9.26 Å². The molecule has 0 spiro atoms. The summed E-state index contributed by atoms with van der Waals surface area (Å²) in [6.45, 7) is 7.37. The van der Waals surface area contributed by atoms with E-state index < -0.39 is 10.0 Å². The lowest BCUT2D eigenvalue weighted by atomic mass is 10.0. The van der Waals surface area contributed by atoms with Gasteiger partial charge in [-0.1, -0.05) is 31.1 Å². The summed E-state index contributed by atoms with van der Waals surface area (Å²) >= 11 is 0. The summed E-state index contributed by atoms with van der Waals surface area (Å²) in [5, 5.41) is 6.99. The Morgan fingerprint density at radius 1 is 1.19 bits per heavy atom. The number of aromatic nitrogens is 1. The normalized spacial score (nSPS) is 15.5. The van der Waals surface area contributed by atoms with E-state index >= 15 is 0 Å². The fourth-order valence-corrected chi connectivity index (χ4v) is 4.81. The van der Waals surface area contributed by atoms with Gasteiger partial charge in [0.25, 0.3) is 0 Å². The summed E-state index contributed by atoms with van der Waals surface area (Å²) in [5.74, 6) is 1.93. The van der Waals surface area contributed by atoms with Crippen LogP contribution in [0.25, 0.3) is 0 Å². The number of nitrogens with zero attached hydrogens (tertiary/aromatic N) is 4. The minimum Gasteiger partial charge on any atom is -0.492 e. The van der Waals surface area contributed by atoms with E-state index in [2.05, 4.69) is 46.3 Å². The fourth-order valence-electron chi connectivity index (χ4n) is 3.38. The summed E-state index contributed by atoms with van der Waals surface area (Å²) in [6.07, 6.45) is 1.38. The van der Waals surface area contributed by atoms with Gasteiger partial charge in [-0.15, -0.1) is 24.0 Å². The highest BCUT2D eigenvalue weighted by Crippen LogP contribution is 2.18. The summed E-state index contributed by atoms with van der Waals surface area (Å²) in [7, 11) is -1.69. The van der Waals surface area contributed by atoms with Crippen LogP contribution in [0.1, 0.15) is 31.0 Å². The number of aliphatic imine (C=N–C) groups is 1. The first-order chi connectivity index (χ1) is 14.9. The van der Waals surface area contributed by atoms with E-state index in [9.17, 15) is 8.42 Å². The molecule has 2 heterocycles. The molecule has 0 amide bonds. The van der Waals surface area contributed by atoms with Gasteiger partial charge in [-0.2, -0.15) is 4.31 Å². The number of guanidine groups is 1. The molecular weight excluding hydrogens is 545 g/mol. The monoisotopic (exact) mass is 577 g/mol. The third kappa shape index (κ3) is 7.34. The van der Waals surface area contributed by atoms with Gasteiger partial charge in [-0.25, -0.2) is 8.42 Å². The second-order valence-corrected chi connectivity index (χ2v) is 9.65. The molecule has 1 saturated heterocycles. The SMILES string of the molecule is CN=C(NCCOc1ccc(C(C)C)cc1)N1CCN(S(=O)(=O)Cc2ccon2)CC1.I. The third-order valence-corrected chi connectivity index (χ3v) is 6.98. The van der Waals surface area contributed by atoms with Crippen LogP contribution in [0.5, 0.6) is 5.75 Å². The van der Waals surface area contributed by atoms with Crippen LogP contribution >= 0.6 is 24.0 Å². The van der Waals surface area contributed by atoms with Crippen LogP contribution < -0.4 is 10.1 Å². The van der Waals surface area contributed by atoms with Gasteiger partial charge in [0.2, 0.25) is 10.0 Å². The van der Waals surface area contributed by atoms with Crippen molar-refractivity contribution in [2.75, 3.05) is 46.4 Å². The zero-order valence-electron chi connectivity index (χ0n) is 18.7. The Kier molecular flexibility index (Phi) is 10.2. The molecule has 0 unspecified atom stereocenters. The predicted octanol–water partition coefficient (Wildman–Crippen LogP) is 2.52. The van der Waals surface area contributed by atoms with Gasteiger partial charge >= 0.3 is 0 Å². The Balaban J connectivity index is 0.00000363. The van der Waals surface area contributed by atoms with Crippen molar-refractivity contribution >= 4 is 40.0 Å². The standard InChI is InChI=1S/C21H31N5O4S.HI/c1-17(2)18-4-6-20(7-5-18)29-15-9-23-21(22-3)25-10-12-26(13-11-25)31(27,28)16-19-8-14-30-24-19;/h4-8,14,17H,9-13,15-16H2,1-3H3,(H,22,23);1H. The van der Waals surface area contributed by atoms with Crippen LogP contribution in [0.3, 0.4) is 0 Å². The second kappa shape index (κ2) is 12.4. The van der Waals surface area contributed by atoms with Gasteiger partial charge in [0, 0.05) is 39.3 Å². The topological polar surface area (TPSA) is 100 Å². The number of hydrogen-bond acceptors (Lipinski definition) is 6. The highest BCUT2D eigenvalue weighted by atomic mass is 127. The third-order valence-electron chi connectivity index (χ3n) is 5.17. The van der Waals surface area contributed by atoms with Crippen molar-refractivity contribution < 1.29 is 17.7 Å². The lowest BCUT2D eigenvalue weighted by Gasteiger charge is -2.35. The molecular formula is C21H32IN5O4S. The largest absolute Gasteiger partial charge is 0.492 e. The highest BCUT2D eigenvalue weighted by molar-refractivity contribution is 14.0. The number of benzene rings is 1. The first kappa shape index (κ1) is 26.4. The summed E-state index contributed by atoms with van der Waals surface area (Å²) in [6, 6.07) is 9.72. The van der Waals surface area contributed by atoms with E-state index in [1.807, 2.05) is 12.1 Å². The van der Waals surface area contributed by atoms with Crippen LogP contribution in [0.15, 0.2) is 46.1 Å². The maximum Gasteiger partial charge on any atom is 0.220 e. The predicted molar refractivity (Wildman–Crippen MR) is 135 cm³/mol. The lowest BCUT2D eigenvalue weighted by Crippen LogP contribution is -2.54. The fraction of sp³-hybridized carbons (Fsp3) is 0.524. The molecule has 178 valence electrons. The van der Waals surface area contributed by atoms with Crippen LogP contribution in [0.4, 0.5) is 0 Å². The quantitative estimate of drug-likeness (QED) is 0.223. The van der Waals surface area contributed by atoms with Crippen molar-refractivity contribution in [3.8, 4) is 5.75 Å². The Morgan fingerprint density at radius 2 is 1.88 bits per heavy atom. The zero-order chi connectivity index (χ0) is 22.3. The van der Waals surface area contributed by atoms with Crippen molar-refractivity contribution in [3.05, 3.63) is 47.9 Å². The van der Waals surface area contributed by atoms with Crippen molar-refractivity contribution in [3.63, 3.8) is 0 Å². The molecule has 2 aromatic rings. The molecule has 1 fully saturated rings. The molecule has 0 radical (unpaired) electrons. The average molecular weight is 577 g/mol. The van der Waals surface area contributed by atoms with Gasteiger partial charge < -0.3 is 19.5 Å². The lowest BCUT2D eigenvalue weighted by molar-refractivity contribution is 0.257. The molecule has 0 atom stereocenters. The van der Waals surface area contributed by atoms with Gasteiger partial charge in [0.1, 0.15) is 24.4 Å². The molecule has 1 N–H and O–H groups in total. The Hall–Kier alpha value is -1.86. The Morgan fingerprint density at radius 3 is 2.44 bits per heavy atom. The van der Waals surface area contributed by atoms with Crippen molar-refractivity contribution in [2.45, 2.75) is 25.5 Å². The van der Waals surface area contributed by atoms with E-state index in [0.29, 0.717) is 50.9 Å². The zero-order valence-corrected chi connectivity index (χ0v) is 21.9. The van der Waals surface area contributed by atoms with Gasteiger partial charge in [-0.3, -0.25) is 4.99 Å². The molecule has 1 aromatic heterocycles. The Bertz CT molecular complexity index is 941. The number of nitrogens with one attached hydrogen (secondary N) is 1. The van der Waals surface area contributed by atoms with Crippen molar-refractivity contribution in [1.29, 1.82) is 0 Å². The van der Waals surface area contributed by atoms with E-state index in [1.165, 1.54) is 16.1 Å². The smallest absolute Gasteiger partial charge is 0.220 e. The second-order valence-electron chi connectivity index (χ2n) is 7.68. The van der Waals surface area contributed by atoms with E-state index in [-0.39, 0.29) is 29.7 Å². The minimum absolute atomic E-state index is 0.